The number of hydrazone groups is 1. The Kier molecular flexibility index (Phi) is 5.17. The maximum atomic E-state index is 12.4. The minimum absolute atomic E-state index is 0.265. The lowest BCUT2D eigenvalue weighted by Gasteiger charge is -2.16. The lowest BCUT2D eigenvalue weighted by atomic mass is 9.90. The fourth-order valence-electron chi connectivity index (χ4n) is 3.61. The van der Waals surface area contributed by atoms with Gasteiger partial charge in [0.2, 0.25) is 0 Å². The summed E-state index contributed by atoms with van der Waals surface area (Å²) in [5.74, 6) is 0.0608. The topological polar surface area (TPSA) is 73.8 Å². The van der Waals surface area contributed by atoms with Crippen LogP contribution in [0.5, 0.6) is 0 Å². The third-order valence-corrected chi connectivity index (χ3v) is 6.48. The first-order valence-corrected chi connectivity index (χ1v) is 10.4. The summed E-state index contributed by atoms with van der Waals surface area (Å²) >= 11 is 1.53. The minimum Gasteiger partial charge on any atom is -0.267 e. The number of thiophene rings is 1. The molecule has 1 aliphatic heterocycles. The SMILES string of the molecule is CC1=NN(c2ccc(C(=O)NNC(=O)c3cc4c(s3)CCC(C)C4)cc2)CC1. The number of aryl methyl sites for hydroxylation is 1. The van der Waals surface area contributed by atoms with E-state index >= 15 is 0 Å². The Bertz CT molecular complexity index is 932. The number of hydrazine groups is 1. The summed E-state index contributed by atoms with van der Waals surface area (Å²) in [5, 5.41) is 6.38. The Labute approximate surface area is 168 Å². The van der Waals surface area contributed by atoms with Crippen LogP contribution in [0.1, 0.15) is 57.2 Å². The summed E-state index contributed by atoms with van der Waals surface area (Å²) in [5.41, 5.74) is 8.87. The van der Waals surface area contributed by atoms with Crippen molar-refractivity contribution in [1.82, 2.24) is 10.9 Å². The smallest absolute Gasteiger partial charge is 0.267 e. The molecule has 0 spiro atoms. The van der Waals surface area contributed by atoms with Crippen LogP contribution in [-0.4, -0.2) is 24.1 Å². The van der Waals surface area contributed by atoms with Crippen molar-refractivity contribution in [2.75, 3.05) is 11.6 Å². The Balaban J connectivity index is 1.34. The summed E-state index contributed by atoms with van der Waals surface area (Å²) in [4.78, 5) is 26.7. The van der Waals surface area contributed by atoms with Gasteiger partial charge in [-0.2, -0.15) is 5.10 Å². The number of amides is 2. The number of carbonyl (C=O) groups excluding carboxylic acids is 2. The van der Waals surface area contributed by atoms with Crippen molar-refractivity contribution in [2.24, 2.45) is 11.0 Å². The average molecular weight is 397 g/mol. The standard InChI is InChI=1S/C21H24N4O2S/c1-13-3-8-18-16(11-13)12-19(28-18)21(27)23-22-20(26)15-4-6-17(7-5-15)25-10-9-14(2)24-25/h4-7,12-13H,3,8-11H2,1-2H3,(H,22,26)(H,23,27). The zero-order chi connectivity index (χ0) is 19.7. The quantitative estimate of drug-likeness (QED) is 0.780. The Hall–Kier alpha value is -2.67. The van der Waals surface area contributed by atoms with Gasteiger partial charge in [-0.15, -0.1) is 11.3 Å². The van der Waals surface area contributed by atoms with Gasteiger partial charge in [-0.25, -0.2) is 0 Å². The van der Waals surface area contributed by atoms with Crippen molar-refractivity contribution >= 4 is 34.6 Å². The number of anilines is 1. The highest BCUT2D eigenvalue weighted by Crippen LogP contribution is 2.32. The summed E-state index contributed by atoms with van der Waals surface area (Å²) in [6.45, 7) is 5.11. The normalized spacial score (nSPS) is 18.4. The third kappa shape index (κ3) is 3.94. The first-order valence-electron chi connectivity index (χ1n) is 9.63. The highest BCUT2D eigenvalue weighted by molar-refractivity contribution is 7.14. The number of nitrogens with zero attached hydrogens (tertiary/aromatic N) is 2. The monoisotopic (exact) mass is 396 g/mol. The summed E-state index contributed by atoms with van der Waals surface area (Å²) in [7, 11) is 0. The number of hydrogen-bond acceptors (Lipinski definition) is 5. The molecule has 6 nitrogen and oxygen atoms in total. The van der Waals surface area contributed by atoms with Gasteiger partial charge in [0.15, 0.2) is 0 Å². The molecule has 28 heavy (non-hydrogen) atoms. The van der Waals surface area contributed by atoms with E-state index in [-0.39, 0.29) is 11.8 Å². The Morgan fingerprint density at radius 3 is 2.61 bits per heavy atom. The van der Waals surface area contributed by atoms with Crippen LogP contribution in [0, 0.1) is 5.92 Å². The molecular formula is C21H24N4O2S. The Morgan fingerprint density at radius 2 is 1.89 bits per heavy atom. The van der Waals surface area contributed by atoms with Crippen molar-refractivity contribution in [3.63, 3.8) is 0 Å². The summed E-state index contributed by atoms with van der Waals surface area (Å²) in [6.07, 6.45) is 4.19. The van der Waals surface area contributed by atoms with Gasteiger partial charge in [-0.05, 0) is 68.0 Å². The van der Waals surface area contributed by atoms with Crippen molar-refractivity contribution in [1.29, 1.82) is 0 Å². The van der Waals surface area contributed by atoms with E-state index in [4.69, 9.17) is 0 Å². The highest BCUT2D eigenvalue weighted by atomic mass is 32.1. The molecular weight excluding hydrogens is 372 g/mol. The maximum Gasteiger partial charge on any atom is 0.279 e. The largest absolute Gasteiger partial charge is 0.279 e. The van der Waals surface area contributed by atoms with E-state index in [9.17, 15) is 9.59 Å². The van der Waals surface area contributed by atoms with E-state index in [1.165, 1.54) is 28.2 Å². The van der Waals surface area contributed by atoms with E-state index in [0.29, 0.717) is 16.4 Å². The molecule has 2 N–H and O–H groups in total. The van der Waals surface area contributed by atoms with Gasteiger partial charge in [0.1, 0.15) is 0 Å². The fourth-order valence-corrected chi connectivity index (χ4v) is 4.71. The molecule has 1 atom stereocenters. The van der Waals surface area contributed by atoms with Gasteiger partial charge in [-0.3, -0.25) is 25.4 Å². The number of hydrogen-bond donors (Lipinski definition) is 2. The first kappa shape index (κ1) is 18.7. The van der Waals surface area contributed by atoms with Crippen LogP contribution in [-0.2, 0) is 12.8 Å². The highest BCUT2D eigenvalue weighted by Gasteiger charge is 2.21. The number of nitrogens with one attached hydrogen (secondary N) is 2. The fraction of sp³-hybridized carbons (Fsp3) is 0.381. The van der Waals surface area contributed by atoms with Gasteiger partial charge in [0.25, 0.3) is 11.8 Å². The zero-order valence-corrected chi connectivity index (χ0v) is 16.9. The molecule has 146 valence electrons. The van der Waals surface area contributed by atoms with Crippen LogP contribution in [0.4, 0.5) is 5.69 Å². The predicted molar refractivity (Wildman–Crippen MR) is 112 cm³/mol. The molecule has 7 heteroatoms. The molecule has 2 heterocycles. The van der Waals surface area contributed by atoms with Crippen molar-refractivity contribution in [2.45, 2.75) is 39.5 Å². The van der Waals surface area contributed by atoms with E-state index in [1.807, 2.05) is 30.1 Å². The van der Waals surface area contributed by atoms with Crippen molar-refractivity contribution in [3.05, 3.63) is 51.2 Å². The molecule has 0 radical (unpaired) electrons. The first-order chi connectivity index (χ1) is 13.5. The second kappa shape index (κ2) is 7.75. The van der Waals surface area contributed by atoms with Gasteiger partial charge in [0, 0.05) is 29.1 Å². The molecule has 1 aromatic heterocycles. The molecule has 1 aliphatic carbocycles. The molecule has 2 aliphatic rings. The van der Waals surface area contributed by atoms with Crippen LogP contribution in [0.15, 0.2) is 35.4 Å². The molecule has 0 fully saturated rings. The van der Waals surface area contributed by atoms with E-state index in [0.717, 1.165) is 37.2 Å². The maximum absolute atomic E-state index is 12.4. The van der Waals surface area contributed by atoms with Crippen LogP contribution in [0.2, 0.25) is 0 Å². The minimum atomic E-state index is -0.337. The molecule has 0 saturated carbocycles. The number of carbonyl (C=O) groups is 2. The van der Waals surface area contributed by atoms with Crippen LogP contribution >= 0.6 is 11.3 Å². The van der Waals surface area contributed by atoms with Gasteiger partial charge in [-0.1, -0.05) is 6.92 Å². The van der Waals surface area contributed by atoms with E-state index in [1.54, 1.807) is 12.1 Å². The molecule has 2 amide bonds. The Morgan fingerprint density at radius 1 is 1.14 bits per heavy atom. The summed E-state index contributed by atoms with van der Waals surface area (Å²) < 4.78 is 0. The molecule has 1 unspecified atom stereocenters. The third-order valence-electron chi connectivity index (χ3n) is 5.25. The molecule has 0 saturated heterocycles. The second-order valence-electron chi connectivity index (χ2n) is 7.57. The van der Waals surface area contributed by atoms with Crippen LogP contribution in [0.25, 0.3) is 0 Å². The number of rotatable bonds is 3. The van der Waals surface area contributed by atoms with Gasteiger partial charge < -0.3 is 0 Å². The summed E-state index contributed by atoms with van der Waals surface area (Å²) in [6, 6.07) is 9.18. The van der Waals surface area contributed by atoms with Crippen LogP contribution < -0.4 is 15.9 Å². The molecule has 1 aromatic carbocycles. The van der Waals surface area contributed by atoms with Crippen molar-refractivity contribution in [3.8, 4) is 0 Å². The average Bonchev–Trinajstić information content (AvgIpc) is 3.31. The predicted octanol–water partition coefficient (Wildman–Crippen LogP) is 3.53. The van der Waals surface area contributed by atoms with Crippen molar-refractivity contribution < 1.29 is 9.59 Å². The number of fused-ring (bicyclic) bond motifs is 1. The molecule has 0 bridgehead atoms. The van der Waals surface area contributed by atoms with Gasteiger partial charge in [0.05, 0.1) is 10.6 Å². The molecule has 4 rings (SSSR count). The van der Waals surface area contributed by atoms with Gasteiger partial charge >= 0.3 is 0 Å². The number of benzene rings is 1. The lowest BCUT2D eigenvalue weighted by molar-refractivity contribution is 0.0849. The van der Waals surface area contributed by atoms with Crippen LogP contribution in [0.3, 0.4) is 0 Å². The van der Waals surface area contributed by atoms with E-state index in [2.05, 4.69) is 22.9 Å². The van der Waals surface area contributed by atoms with E-state index < -0.39 is 0 Å². The molecule has 2 aromatic rings. The lowest BCUT2D eigenvalue weighted by Crippen LogP contribution is -2.41. The second-order valence-corrected chi connectivity index (χ2v) is 8.71. The zero-order valence-electron chi connectivity index (χ0n) is 16.1.